The lowest BCUT2D eigenvalue weighted by atomic mass is 10.1. The summed E-state index contributed by atoms with van der Waals surface area (Å²) in [7, 11) is 0. The second-order valence-electron chi connectivity index (χ2n) is 4.72. The molecular weight excluding hydrogens is 214 g/mol. The van der Waals surface area contributed by atoms with Gasteiger partial charge in [0.15, 0.2) is 5.96 Å². The Kier molecular flexibility index (Phi) is 5.00. The average molecular weight is 237 g/mol. The number of aromatic amines is 1. The molecule has 0 aliphatic carbocycles. The molecule has 0 unspecified atom stereocenters. The van der Waals surface area contributed by atoms with Crippen LogP contribution in [0.5, 0.6) is 0 Å². The van der Waals surface area contributed by atoms with Crippen molar-refractivity contribution in [3.05, 3.63) is 17.0 Å². The molecule has 1 aromatic rings. The topological polar surface area (TPSA) is 79.1 Å². The van der Waals surface area contributed by atoms with Gasteiger partial charge >= 0.3 is 0 Å². The van der Waals surface area contributed by atoms with Crippen LogP contribution in [-0.2, 0) is 6.54 Å². The van der Waals surface area contributed by atoms with Gasteiger partial charge in [-0.05, 0) is 26.2 Å². The molecule has 96 valence electrons. The molecule has 17 heavy (non-hydrogen) atoms. The van der Waals surface area contributed by atoms with Crippen LogP contribution >= 0.6 is 0 Å². The average Bonchev–Trinajstić information content (AvgIpc) is 2.55. The van der Waals surface area contributed by atoms with Crippen molar-refractivity contribution >= 4 is 5.96 Å². The standard InChI is InChI=1S/C12H23N5/c1-8(2)5-6-14-12(13)15-7-11-9(3)16-17-10(11)4/h8H,5-7H2,1-4H3,(H,16,17)(H3,13,14,15). The van der Waals surface area contributed by atoms with Crippen LogP contribution in [0.25, 0.3) is 0 Å². The number of nitrogens with two attached hydrogens (primary N) is 1. The second kappa shape index (κ2) is 6.27. The molecule has 0 radical (unpaired) electrons. The van der Waals surface area contributed by atoms with Gasteiger partial charge in [-0.2, -0.15) is 5.10 Å². The lowest BCUT2D eigenvalue weighted by Gasteiger charge is -2.07. The summed E-state index contributed by atoms with van der Waals surface area (Å²) in [4.78, 5) is 4.31. The van der Waals surface area contributed by atoms with Crippen LogP contribution in [0.3, 0.4) is 0 Å². The molecule has 0 amide bonds. The van der Waals surface area contributed by atoms with Gasteiger partial charge in [0.05, 0.1) is 12.2 Å². The molecule has 0 atom stereocenters. The highest BCUT2D eigenvalue weighted by Gasteiger charge is 2.05. The van der Waals surface area contributed by atoms with E-state index in [4.69, 9.17) is 5.73 Å². The van der Waals surface area contributed by atoms with Crippen molar-refractivity contribution in [1.82, 2.24) is 15.5 Å². The smallest absolute Gasteiger partial charge is 0.188 e. The van der Waals surface area contributed by atoms with Crippen LogP contribution in [0, 0.1) is 19.8 Å². The number of aromatic nitrogens is 2. The van der Waals surface area contributed by atoms with E-state index >= 15 is 0 Å². The van der Waals surface area contributed by atoms with E-state index in [0.717, 1.165) is 29.9 Å². The molecule has 0 spiro atoms. The van der Waals surface area contributed by atoms with Crippen LogP contribution in [0.4, 0.5) is 0 Å². The molecule has 0 saturated heterocycles. The molecule has 0 aliphatic heterocycles. The van der Waals surface area contributed by atoms with Gasteiger partial charge in [-0.25, -0.2) is 4.99 Å². The van der Waals surface area contributed by atoms with Crippen LogP contribution in [0.15, 0.2) is 4.99 Å². The van der Waals surface area contributed by atoms with Gasteiger partial charge in [0.25, 0.3) is 0 Å². The Balaban J connectivity index is 2.42. The van der Waals surface area contributed by atoms with Crippen molar-refractivity contribution < 1.29 is 0 Å². The first-order valence-corrected chi connectivity index (χ1v) is 6.05. The van der Waals surface area contributed by atoms with Gasteiger partial charge in [0.2, 0.25) is 0 Å². The van der Waals surface area contributed by atoms with Crippen molar-refractivity contribution in [1.29, 1.82) is 0 Å². The Bertz CT molecular complexity index is 359. The van der Waals surface area contributed by atoms with E-state index in [-0.39, 0.29) is 0 Å². The zero-order valence-corrected chi connectivity index (χ0v) is 11.2. The highest BCUT2D eigenvalue weighted by molar-refractivity contribution is 5.77. The van der Waals surface area contributed by atoms with E-state index in [0.29, 0.717) is 18.4 Å². The fraction of sp³-hybridized carbons (Fsp3) is 0.667. The number of aryl methyl sites for hydroxylation is 2. The van der Waals surface area contributed by atoms with E-state index in [2.05, 4.69) is 34.4 Å². The van der Waals surface area contributed by atoms with Crippen molar-refractivity contribution in [2.45, 2.75) is 40.7 Å². The zero-order valence-electron chi connectivity index (χ0n) is 11.2. The quantitative estimate of drug-likeness (QED) is 0.536. The first-order valence-electron chi connectivity index (χ1n) is 6.05. The molecule has 4 N–H and O–H groups in total. The van der Waals surface area contributed by atoms with Gasteiger partial charge in [-0.15, -0.1) is 0 Å². The number of guanidine groups is 1. The highest BCUT2D eigenvalue weighted by atomic mass is 15.1. The van der Waals surface area contributed by atoms with Crippen LogP contribution in [0.2, 0.25) is 0 Å². The minimum atomic E-state index is 0.505. The number of rotatable bonds is 5. The summed E-state index contributed by atoms with van der Waals surface area (Å²) in [6, 6.07) is 0. The number of aliphatic imine (C=N–C) groups is 1. The minimum absolute atomic E-state index is 0.505. The molecule has 5 heteroatoms. The molecule has 1 aromatic heterocycles. The van der Waals surface area contributed by atoms with E-state index in [1.165, 1.54) is 0 Å². The number of nitrogens with one attached hydrogen (secondary N) is 2. The summed E-state index contributed by atoms with van der Waals surface area (Å²) < 4.78 is 0. The predicted octanol–water partition coefficient (Wildman–Crippen LogP) is 1.48. The molecule has 1 rings (SSSR count). The van der Waals surface area contributed by atoms with Crippen molar-refractivity contribution in [2.24, 2.45) is 16.6 Å². The molecule has 0 aromatic carbocycles. The maximum absolute atomic E-state index is 5.78. The van der Waals surface area contributed by atoms with E-state index in [9.17, 15) is 0 Å². The third-order valence-electron chi connectivity index (χ3n) is 2.72. The van der Waals surface area contributed by atoms with Gasteiger partial charge in [-0.1, -0.05) is 13.8 Å². The summed E-state index contributed by atoms with van der Waals surface area (Å²) in [5.74, 6) is 1.18. The summed E-state index contributed by atoms with van der Waals surface area (Å²) in [5, 5.41) is 10.2. The summed E-state index contributed by atoms with van der Waals surface area (Å²) in [6.07, 6.45) is 1.10. The predicted molar refractivity (Wildman–Crippen MR) is 70.8 cm³/mol. The number of hydrogen-bond acceptors (Lipinski definition) is 2. The summed E-state index contributed by atoms with van der Waals surface area (Å²) in [5.41, 5.74) is 8.95. The van der Waals surface area contributed by atoms with E-state index in [1.54, 1.807) is 0 Å². The summed E-state index contributed by atoms with van der Waals surface area (Å²) in [6.45, 7) is 9.79. The van der Waals surface area contributed by atoms with Gasteiger partial charge in [0, 0.05) is 17.8 Å². The zero-order chi connectivity index (χ0) is 12.8. The fourth-order valence-electron chi connectivity index (χ4n) is 1.52. The first-order chi connectivity index (χ1) is 8.00. The van der Waals surface area contributed by atoms with Crippen molar-refractivity contribution in [3.8, 4) is 0 Å². The molecule has 0 fully saturated rings. The molecule has 0 aliphatic rings. The van der Waals surface area contributed by atoms with Gasteiger partial charge in [-0.3, -0.25) is 5.10 Å². The Labute approximate surface area is 103 Å². The third kappa shape index (κ3) is 4.46. The van der Waals surface area contributed by atoms with Crippen molar-refractivity contribution in [3.63, 3.8) is 0 Å². The number of hydrogen-bond donors (Lipinski definition) is 3. The second-order valence-corrected chi connectivity index (χ2v) is 4.72. The highest BCUT2D eigenvalue weighted by Crippen LogP contribution is 2.09. The normalized spacial score (nSPS) is 12.2. The number of H-pyrrole nitrogens is 1. The summed E-state index contributed by atoms with van der Waals surface area (Å²) >= 11 is 0. The molecule has 5 nitrogen and oxygen atoms in total. The van der Waals surface area contributed by atoms with E-state index in [1.807, 2.05) is 13.8 Å². The Morgan fingerprint density at radius 2 is 2.18 bits per heavy atom. The monoisotopic (exact) mass is 237 g/mol. The molecule has 0 saturated carbocycles. The number of nitrogens with zero attached hydrogens (tertiary/aromatic N) is 2. The maximum Gasteiger partial charge on any atom is 0.188 e. The first kappa shape index (κ1) is 13.5. The third-order valence-corrected chi connectivity index (χ3v) is 2.72. The minimum Gasteiger partial charge on any atom is -0.370 e. The molecule has 1 heterocycles. The Morgan fingerprint density at radius 3 is 2.71 bits per heavy atom. The van der Waals surface area contributed by atoms with Gasteiger partial charge in [0.1, 0.15) is 0 Å². The molecular formula is C12H23N5. The van der Waals surface area contributed by atoms with Crippen LogP contribution < -0.4 is 11.1 Å². The largest absolute Gasteiger partial charge is 0.370 e. The van der Waals surface area contributed by atoms with E-state index < -0.39 is 0 Å². The maximum atomic E-state index is 5.78. The Morgan fingerprint density at radius 1 is 1.47 bits per heavy atom. The van der Waals surface area contributed by atoms with Crippen LogP contribution in [0.1, 0.15) is 37.2 Å². The van der Waals surface area contributed by atoms with Gasteiger partial charge < -0.3 is 11.1 Å². The Hall–Kier alpha value is -1.52. The lowest BCUT2D eigenvalue weighted by Crippen LogP contribution is -2.32. The SMILES string of the molecule is Cc1n[nH]c(C)c1CN=C(N)NCCC(C)C. The van der Waals surface area contributed by atoms with Crippen LogP contribution in [-0.4, -0.2) is 22.7 Å². The van der Waals surface area contributed by atoms with Crippen molar-refractivity contribution in [2.75, 3.05) is 6.54 Å². The fourth-order valence-corrected chi connectivity index (χ4v) is 1.52. The lowest BCUT2D eigenvalue weighted by molar-refractivity contribution is 0.576. The molecule has 0 bridgehead atoms.